The minimum Gasteiger partial charge on any atom is -0.290 e. The Balaban J connectivity index is 1.21. The summed E-state index contributed by atoms with van der Waals surface area (Å²) in [4.78, 5) is 5.47. The number of nitrogens with zero attached hydrogens (tertiary/aromatic N) is 2. The molecule has 0 radical (unpaired) electrons. The first kappa shape index (κ1) is 29.3. The van der Waals surface area contributed by atoms with Gasteiger partial charge < -0.3 is 0 Å². The molecule has 4 nitrogen and oxygen atoms in total. The lowest BCUT2D eigenvalue weighted by molar-refractivity contribution is 0.594. The van der Waals surface area contributed by atoms with Crippen LogP contribution in [0.2, 0.25) is 0 Å². The molecule has 0 aliphatic carbocycles. The minimum absolute atomic E-state index is 0.282. The SMILES string of the molecule is O=S1(=O)c2cc(-c3ccc([Si](c4ccccc4)(c4ccccc4)c4ccccc4)cc3)ccc2-n2c(-c3ccccc3)nc3cccc1c32. The molecule has 0 fully saturated rings. The Morgan fingerprint density at radius 1 is 0.449 bits per heavy atom. The fourth-order valence-electron chi connectivity index (χ4n) is 7.52. The van der Waals surface area contributed by atoms with Crippen LogP contribution in [-0.2, 0) is 9.84 Å². The van der Waals surface area contributed by atoms with Gasteiger partial charge in [0.1, 0.15) is 5.82 Å². The van der Waals surface area contributed by atoms with E-state index in [4.69, 9.17) is 4.98 Å². The number of hydrogen-bond acceptors (Lipinski definition) is 3. The van der Waals surface area contributed by atoms with E-state index >= 15 is 0 Å². The van der Waals surface area contributed by atoms with Crippen molar-refractivity contribution in [2.75, 3.05) is 0 Å². The Bertz CT molecular complexity index is 2490. The van der Waals surface area contributed by atoms with Crippen LogP contribution in [0.1, 0.15) is 0 Å². The highest BCUT2D eigenvalue weighted by Gasteiger charge is 2.41. The summed E-state index contributed by atoms with van der Waals surface area (Å²) < 4.78 is 30.5. The maximum atomic E-state index is 14.2. The molecule has 0 amide bonds. The number of imidazole rings is 1. The van der Waals surface area contributed by atoms with Crippen molar-refractivity contribution in [3.63, 3.8) is 0 Å². The van der Waals surface area contributed by atoms with E-state index in [-0.39, 0.29) is 9.79 Å². The third-order valence-electron chi connectivity index (χ3n) is 9.72. The van der Waals surface area contributed by atoms with E-state index in [1.54, 1.807) is 12.1 Å². The average Bonchev–Trinajstić information content (AvgIpc) is 3.56. The van der Waals surface area contributed by atoms with Crippen LogP contribution in [0.15, 0.2) is 192 Å². The molecule has 1 aromatic heterocycles. The Hall–Kier alpha value is -5.82. The Morgan fingerprint density at radius 3 is 1.53 bits per heavy atom. The molecule has 2 heterocycles. The maximum Gasteiger partial charge on any atom is 0.210 e. The molecule has 49 heavy (non-hydrogen) atoms. The molecule has 234 valence electrons. The summed E-state index contributed by atoms with van der Waals surface area (Å²) in [6.07, 6.45) is 0. The van der Waals surface area contributed by atoms with Crippen LogP contribution in [0, 0.1) is 0 Å². The number of hydrogen-bond donors (Lipinski definition) is 0. The molecule has 0 saturated heterocycles. The Labute approximate surface area is 286 Å². The normalized spacial score (nSPS) is 13.2. The molecule has 0 unspecified atom stereocenters. The van der Waals surface area contributed by atoms with Crippen molar-refractivity contribution in [1.29, 1.82) is 0 Å². The van der Waals surface area contributed by atoms with Gasteiger partial charge >= 0.3 is 0 Å². The molecular formula is C43H30N2O2SSi. The topological polar surface area (TPSA) is 52.0 Å². The number of rotatable bonds is 6. The number of para-hydroxylation sites is 1. The van der Waals surface area contributed by atoms with Gasteiger partial charge in [0.15, 0.2) is 8.07 Å². The molecule has 1 aliphatic heterocycles. The number of fused-ring (bicyclic) bond motifs is 2. The highest BCUT2D eigenvalue weighted by Crippen LogP contribution is 2.42. The van der Waals surface area contributed by atoms with Crippen molar-refractivity contribution in [2.45, 2.75) is 9.79 Å². The van der Waals surface area contributed by atoms with E-state index in [2.05, 4.69) is 115 Å². The second kappa shape index (κ2) is 11.4. The monoisotopic (exact) mass is 666 g/mol. The van der Waals surface area contributed by atoms with Crippen LogP contribution in [-0.4, -0.2) is 26.0 Å². The van der Waals surface area contributed by atoms with Gasteiger partial charge in [-0.15, -0.1) is 0 Å². The molecule has 8 aromatic rings. The predicted molar refractivity (Wildman–Crippen MR) is 201 cm³/mol. The van der Waals surface area contributed by atoms with Gasteiger partial charge in [-0.3, -0.25) is 4.57 Å². The zero-order chi connectivity index (χ0) is 33.0. The molecule has 0 atom stereocenters. The van der Waals surface area contributed by atoms with Gasteiger partial charge in [0.05, 0.1) is 26.5 Å². The summed E-state index contributed by atoms with van der Waals surface area (Å²) in [6, 6.07) is 62.3. The molecule has 0 bridgehead atoms. The van der Waals surface area contributed by atoms with Gasteiger partial charge in [-0.2, -0.15) is 0 Å². The number of aromatic nitrogens is 2. The summed E-state index contributed by atoms with van der Waals surface area (Å²) in [5.41, 5.74) is 4.62. The van der Waals surface area contributed by atoms with Gasteiger partial charge in [0.25, 0.3) is 0 Å². The molecular weight excluding hydrogens is 637 g/mol. The number of sulfone groups is 1. The van der Waals surface area contributed by atoms with Gasteiger partial charge in [-0.1, -0.05) is 158 Å². The van der Waals surface area contributed by atoms with Crippen LogP contribution in [0.5, 0.6) is 0 Å². The highest BCUT2D eigenvalue weighted by molar-refractivity contribution is 7.92. The van der Waals surface area contributed by atoms with E-state index in [0.29, 0.717) is 16.7 Å². The zero-order valence-electron chi connectivity index (χ0n) is 26.4. The quantitative estimate of drug-likeness (QED) is 0.144. The largest absolute Gasteiger partial charge is 0.290 e. The molecule has 1 aliphatic rings. The third kappa shape index (κ3) is 4.49. The van der Waals surface area contributed by atoms with Crippen molar-refractivity contribution in [2.24, 2.45) is 0 Å². The highest BCUT2D eigenvalue weighted by atomic mass is 32.2. The smallest absolute Gasteiger partial charge is 0.210 e. The summed E-state index contributed by atoms with van der Waals surface area (Å²) in [6.45, 7) is 0. The van der Waals surface area contributed by atoms with Crippen molar-refractivity contribution in [1.82, 2.24) is 9.55 Å². The van der Waals surface area contributed by atoms with Gasteiger partial charge in [0, 0.05) is 5.56 Å². The first-order chi connectivity index (χ1) is 24.1. The minimum atomic E-state index is -3.80. The second-order valence-corrected chi connectivity index (χ2v) is 18.1. The fourth-order valence-corrected chi connectivity index (χ4v) is 13.9. The Kier molecular flexibility index (Phi) is 6.83. The lowest BCUT2D eigenvalue weighted by atomic mass is 10.1. The lowest BCUT2D eigenvalue weighted by Crippen LogP contribution is -2.74. The molecule has 0 N–H and O–H groups in total. The maximum absolute atomic E-state index is 14.2. The molecule has 0 saturated carbocycles. The standard InChI is InChI=1S/C43H30N2O2SSi/c46-48(47)40-23-13-22-38-42(40)45(43(44-38)32-14-5-1-6-15-32)39-29-26-33(30-41(39)48)31-24-27-37(28-25-31)49(34-16-7-2-8-17-34,35-18-9-3-10-19-35)36-20-11-4-12-21-36/h1-30H. The Morgan fingerprint density at radius 2 is 0.959 bits per heavy atom. The van der Waals surface area contributed by atoms with Crippen molar-refractivity contribution >= 4 is 49.7 Å². The third-order valence-corrected chi connectivity index (χ3v) is 16.3. The zero-order valence-corrected chi connectivity index (χ0v) is 28.3. The van der Waals surface area contributed by atoms with E-state index in [1.165, 1.54) is 20.7 Å². The van der Waals surface area contributed by atoms with E-state index in [0.717, 1.165) is 22.5 Å². The van der Waals surface area contributed by atoms with E-state index in [1.807, 2.05) is 59.2 Å². The molecule has 9 rings (SSSR count). The summed E-state index contributed by atoms with van der Waals surface area (Å²) in [5, 5.41) is 5.17. The van der Waals surface area contributed by atoms with E-state index < -0.39 is 17.9 Å². The van der Waals surface area contributed by atoms with Crippen molar-refractivity contribution < 1.29 is 8.42 Å². The first-order valence-corrected chi connectivity index (χ1v) is 19.8. The summed E-state index contributed by atoms with van der Waals surface area (Å²) in [7, 11) is -6.47. The van der Waals surface area contributed by atoms with Crippen LogP contribution in [0.25, 0.3) is 39.2 Å². The van der Waals surface area contributed by atoms with Gasteiger partial charge in [-0.25, -0.2) is 13.4 Å². The van der Waals surface area contributed by atoms with Crippen LogP contribution >= 0.6 is 0 Å². The van der Waals surface area contributed by atoms with Crippen LogP contribution in [0.3, 0.4) is 0 Å². The first-order valence-electron chi connectivity index (χ1n) is 16.3. The average molecular weight is 667 g/mol. The number of benzene rings is 7. The van der Waals surface area contributed by atoms with Gasteiger partial charge in [0.2, 0.25) is 9.84 Å². The molecule has 6 heteroatoms. The van der Waals surface area contributed by atoms with Gasteiger partial charge in [-0.05, 0) is 56.1 Å². The molecule has 7 aromatic carbocycles. The predicted octanol–water partition coefficient (Wildman–Crippen LogP) is 6.88. The van der Waals surface area contributed by atoms with Crippen molar-refractivity contribution in [3.05, 3.63) is 182 Å². The lowest BCUT2D eigenvalue weighted by Gasteiger charge is -2.34. The van der Waals surface area contributed by atoms with E-state index in [9.17, 15) is 8.42 Å². The van der Waals surface area contributed by atoms with Crippen LogP contribution < -0.4 is 20.7 Å². The molecule has 0 spiro atoms. The summed E-state index contributed by atoms with van der Waals surface area (Å²) in [5.74, 6) is 0.723. The summed E-state index contributed by atoms with van der Waals surface area (Å²) >= 11 is 0. The fraction of sp³-hybridized carbons (Fsp3) is 0. The van der Waals surface area contributed by atoms with Crippen LogP contribution in [0.4, 0.5) is 0 Å². The van der Waals surface area contributed by atoms with Crippen molar-refractivity contribution in [3.8, 4) is 28.2 Å². The second-order valence-electron chi connectivity index (χ2n) is 12.4.